The quantitative estimate of drug-likeness (QED) is 0.870. The lowest BCUT2D eigenvalue weighted by molar-refractivity contribution is -0.0408. The van der Waals surface area contributed by atoms with Gasteiger partial charge in [-0.05, 0) is 24.7 Å². The lowest BCUT2D eigenvalue weighted by atomic mass is 10.2. The van der Waals surface area contributed by atoms with Crippen molar-refractivity contribution in [1.29, 1.82) is 0 Å². The molecule has 0 spiro atoms. The second-order valence-corrected chi connectivity index (χ2v) is 4.53. The molecule has 18 heavy (non-hydrogen) atoms. The van der Waals surface area contributed by atoms with Crippen molar-refractivity contribution < 1.29 is 13.9 Å². The molecule has 100 valence electrons. The van der Waals surface area contributed by atoms with Crippen molar-refractivity contribution in [1.82, 2.24) is 4.90 Å². The van der Waals surface area contributed by atoms with E-state index >= 15 is 0 Å². The summed E-state index contributed by atoms with van der Waals surface area (Å²) in [6.45, 7) is 3.12. The van der Waals surface area contributed by atoms with Gasteiger partial charge in [0.15, 0.2) is 11.6 Å². The topological polar surface area (TPSA) is 47.7 Å². The lowest BCUT2D eigenvalue weighted by Gasteiger charge is -2.29. The molecular weight excluding hydrogens is 235 g/mol. The van der Waals surface area contributed by atoms with E-state index < -0.39 is 0 Å². The molecule has 0 amide bonds. The average molecular weight is 254 g/mol. The van der Waals surface area contributed by atoms with E-state index in [1.807, 2.05) is 7.05 Å². The number of likely N-dealkylation sites (N-methyl/N-ethyl adjacent to an activating group) is 1. The Bertz CT molecular complexity index is 401. The van der Waals surface area contributed by atoms with Crippen LogP contribution in [0.4, 0.5) is 4.39 Å². The summed E-state index contributed by atoms with van der Waals surface area (Å²) in [7, 11) is 2.03. The maximum Gasteiger partial charge on any atom is 0.165 e. The number of morpholine rings is 1. The maximum absolute atomic E-state index is 13.6. The van der Waals surface area contributed by atoms with Crippen LogP contribution in [0.1, 0.15) is 5.56 Å². The third-order valence-corrected chi connectivity index (χ3v) is 3.00. The van der Waals surface area contributed by atoms with Crippen molar-refractivity contribution in [3.05, 3.63) is 29.6 Å². The second kappa shape index (κ2) is 6.13. The van der Waals surface area contributed by atoms with Crippen molar-refractivity contribution in [2.45, 2.75) is 12.6 Å². The Hall–Kier alpha value is -1.17. The number of hydrogen-bond donors (Lipinski definition) is 1. The van der Waals surface area contributed by atoms with Gasteiger partial charge < -0.3 is 20.1 Å². The fourth-order valence-electron chi connectivity index (χ4n) is 1.94. The molecule has 1 fully saturated rings. The number of ether oxygens (including phenoxy) is 2. The molecule has 1 heterocycles. The van der Waals surface area contributed by atoms with Crippen LogP contribution in [0.3, 0.4) is 0 Å². The molecule has 0 saturated carbocycles. The molecule has 1 aliphatic heterocycles. The fourth-order valence-corrected chi connectivity index (χ4v) is 1.94. The van der Waals surface area contributed by atoms with Crippen LogP contribution in [0, 0.1) is 5.82 Å². The van der Waals surface area contributed by atoms with E-state index in [1.165, 1.54) is 6.07 Å². The van der Waals surface area contributed by atoms with Crippen LogP contribution in [0.2, 0.25) is 0 Å². The second-order valence-electron chi connectivity index (χ2n) is 4.53. The number of hydrogen-bond acceptors (Lipinski definition) is 4. The first-order valence-corrected chi connectivity index (χ1v) is 6.10. The van der Waals surface area contributed by atoms with E-state index in [9.17, 15) is 4.39 Å². The molecule has 1 saturated heterocycles. The fraction of sp³-hybridized carbons (Fsp3) is 0.538. The van der Waals surface area contributed by atoms with Crippen molar-refractivity contribution in [3.63, 3.8) is 0 Å². The van der Waals surface area contributed by atoms with Gasteiger partial charge in [-0.2, -0.15) is 0 Å². The van der Waals surface area contributed by atoms with Crippen molar-refractivity contribution in [3.8, 4) is 5.75 Å². The van der Waals surface area contributed by atoms with Crippen LogP contribution in [0.15, 0.2) is 18.2 Å². The van der Waals surface area contributed by atoms with E-state index in [-0.39, 0.29) is 17.7 Å². The average Bonchev–Trinajstić information content (AvgIpc) is 2.37. The van der Waals surface area contributed by atoms with E-state index in [4.69, 9.17) is 15.2 Å². The zero-order valence-electron chi connectivity index (χ0n) is 10.6. The number of rotatable bonds is 4. The molecule has 0 aromatic heterocycles. The van der Waals surface area contributed by atoms with Gasteiger partial charge in [-0.15, -0.1) is 0 Å². The van der Waals surface area contributed by atoms with Gasteiger partial charge in [0, 0.05) is 19.6 Å². The Balaban J connectivity index is 1.89. The third kappa shape index (κ3) is 3.41. The van der Waals surface area contributed by atoms with Crippen LogP contribution in [-0.2, 0) is 11.3 Å². The molecule has 1 atom stereocenters. The number of benzene rings is 1. The summed E-state index contributed by atoms with van der Waals surface area (Å²) >= 11 is 0. The Kier molecular flexibility index (Phi) is 4.52. The minimum atomic E-state index is -0.373. The molecule has 2 N–H and O–H groups in total. The zero-order valence-corrected chi connectivity index (χ0v) is 10.6. The Morgan fingerprint density at radius 1 is 1.56 bits per heavy atom. The molecule has 1 unspecified atom stereocenters. The monoisotopic (exact) mass is 254 g/mol. The molecule has 0 radical (unpaired) electrons. The Labute approximate surface area is 106 Å². The van der Waals surface area contributed by atoms with Gasteiger partial charge in [0.25, 0.3) is 0 Å². The van der Waals surface area contributed by atoms with Gasteiger partial charge in [0.2, 0.25) is 0 Å². The van der Waals surface area contributed by atoms with E-state index in [2.05, 4.69) is 4.90 Å². The summed E-state index contributed by atoms with van der Waals surface area (Å²) < 4.78 is 24.6. The molecule has 1 aromatic carbocycles. The van der Waals surface area contributed by atoms with Crippen LogP contribution in [0.5, 0.6) is 5.75 Å². The van der Waals surface area contributed by atoms with Gasteiger partial charge in [0.05, 0.1) is 6.61 Å². The van der Waals surface area contributed by atoms with Crippen LogP contribution in [0.25, 0.3) is 0 Å². The molecule has 4 nitrogen and oxygen atoms in total. The minimum absolute atomic E-state index is 0.00247. The SMILES string of the molecule is CN1CCOC(COc2ccc(CN)cc2F)C1. The highest BCUT2D eigenvalue weighted by Gasteiger charge is 2.18. The van der Waals surface area contributed by atoms with Gasteiger partial charge in [-0.25, -0.2) is 4.39 Å². The van der Waals surface area contributed by atoms with Gasteiger partial charge >= 0.3 is 0 Å². The number of nitrogens with two attached hydrogens (primary N) is 1. The number of halogens is 1. The molecule has 2 rings (SSSR count). The van der Waals surface area contributed by atoms with Crippen molar-refractivity contribution in [2.75, 3.05) is 33.4 Å². The molecule has 5 heteroatoms. The highest BCUT2D eigenvalue weighted by Crippen LogP contribution is 2.19. The summed E-state index contributed by atoms with van der Waals surface area (Å²) in [6, 6.07) is 4.79. The first-order valence-electron chi connectivity index (χ1n) is 6.10. The molecule has 0 bridgehead atoms. The van der Waals surface area contributed by atoms with E-state index in [0.29, 0.717) is 19.8 Å². The van der Waals surface area contributed by atoms with Crippen LogP contribution in [-0.4, -0.2) is 44.4 Å². The Morgan fingerprint density at radius 2 is 2.39 bits per heavy atom. The van der Waals surface area contributed by atoms with Gasteiger partial charge in [-0.1, -0.05) is 6.07 Å². The first kappa shape index (κ1) is 13.3. The molecule has 1 aromatic rings. The highest BCUT2D eigenvalue weighted by molar-refractivity contribution is 5.29. The molecule has 1 aliphatic rings. The zero-order chi connectivity index (χ0) is 13.0. The summed E-state index contributed by atoms with van der Waals surface area (Å²) in [5.41, 5.74) is 6.20. The largest absolute Gasteiger partial charge is 0.488 e. The summed E-state index contributed by atoms with van der Waals surface area (Å²) in [5.74, 6) is -0.119. The van der Waals surface area contributed by atoms with E-state index in [1.54, 1.807) is 12.1 Å². The summed E-state index contributed by atoms with van der Waals surface area (Å²) in [4.78, 5) is 2.17. The maximum atomic E-state index is 13.6. The standard InChI is InChI=1S/C13H19FN2O2/c1-16-4-5-17-11(8-16)9-18-13-3-2-10(7-15)6-12(13)14/h2-3,6,11H,4-5,7-9,15H2,1H3. The van der Waals surface area contributed by atoms with Crippen LogP contribution >= 0.6 is 0 Å². The molecule has 0 aliphatic carbocycles. The normalized spacial score (nSPS) is 20.9. The molecular formula is C13H19FN2O2. The van der Waals surface area contributed by atoms with Crippen LogP contribution < -0.4 is 10.5 Å². The van der Waals surface area contributed by atoms with Gasteiger partial charge in [-0.3, -0.25) is 0 Å². The summed E-state index contributed by atoms with van der Waals surface area (Å²) in [6.07, 6.45) is -0.00247. The predicted molar refractivity (Wildman–Crippen MR) is 67.0 cm³/mol. The smallest absolute Gasteiger partial charge is 0.165 e. The van der Waals surface area contributed by atoms with Crippen molar-refractivity contribution in [2.24, 2.45) is 5.73 Å². The predicted octanol–water partition coefficient (Wildman–Crippen LogP) is 0.994. The highest BCUT2D eigenvalue weighted by atomic mass is 19.1. The minimum Gasteiger partial charge on any atom is -0.488 e. The lowest BCUT2D eigenvalue weighted by Crippen LogP contribution is -2.42. The van der Waals surface area contributed by atoms with Crippen molar-refractivity contribution >= 4 is 0 Å². The first-order chi connectivity index (χ1) is 8.69. The summed E-state index contributed by atoms with van der Waals surface area (Å²) in [5, 5.41) is 0. The van der Waals surface area contributed by atoms with E-state index in [0.717, 1.165) is 18.7 Å². The number of nitrogens with zero attached hydrogens (tertiary/aromatic N) is 1. The third-order valence-electron chi connectivity index (χ3n) is 3.00. The Morgan fingerprint density at radius 3 is 3.06 bits per heavy atom. The van der Waals surface area contributed by atoms with Gasteiger partial charge in [0.1, 0.15) is 12.7 Å².